The SMILES string of the molecule is CC(N(C)c1cc(Br)ccc1C=O)C(C)(C)C. The number of halogens is 1. The normalized spacial score (nSPS) is 13.3. The van der Waals surface area contributed by atoms with Crippen LogP contribution in [0.25, 0.3) is 0 Å². The van der Waals surface area contributed by atoms with Gasteiger partial charge in [0.2, 0.25) is 0 Å². The molecule has 2 nitrogen and oxygen atoms in total. The predicted octanol–water partition coefficient (Wildman–Crippen LogP) is 4.13. The molecule has 0 heterocycles. The molecular formula is C14H20BrNO. The first-order valence-electron chi connectivity index (χ1n) is 5.75. The Morgan fingerprint density at radius 3 is 2.41 bits per heavy atom. The smallest absolute Gasteiger partial charge is 0.152 e. The lowest BCUT2D eigenvalue weighted by atomic mass is 9.86. The maximum atomic E-state index is 11.1. The maximum Gasteiger partial charge on any atom is 0.152 e. The van der Waals surface area contributed by atoms with Gasteiger partial charge in [0.15, 0.2) is 6.29 Å². The summed E-state index contributed by atoms with van der Waals surface area (Å²) >= 11 is 3.45. The van der Waals surface area contributed by atoms with Gasteiger partial charge in [-0.05, 0) is 30.5 Å². The topological polar surface area (TPSA) is 20.3 Å². The summed E-state index contributed by atoms with van der Waals surface area (Å²) in [4.78, 5) is 13.2. The van der Waals surface area contributed by atoms with Crippen LogP contribution in [0.3, 0.4) is 0 Å². The van der Waals surface area contributed by atoms with E-state index in [2.05, 4.69) is 48.5 Å². The number of hydrogen-bond donors (Lipinski definition) is 0. The van der Waals surface area contributed by atoms with Crippen LogP contribution in [0.2, 0.25) is 0 Å². The molecule has 0 saturated heterocycles. The van der Waals surface area contributed by atoms with Crippen molar-refractivity contribution in [3.05, 3.63) is 28.2 Å². The molecule has 0 radical (unpaired) electrons. The van der Waals surface area contributed by atoms with E-state index >= 15 is 0 Å². The minimum Gasteiger partial charge on any atom is -0.371 e. The molecule has 1 unspecified atom stereocenters. The van der Waals surface area contributed by atoms with Crippen LogP contribution in [0, 0.1) is 5.41 Å². The molecule has 1 aromatic rings. The van der Waals surface area contributed by atoms with Crippen molar-refractivity contribution in [2.75, 3.05) is 11.9 Å². The third-order valence-electron chi connectivity index (χ3n) is 3.33. The fourth-order valence-corrected chi connectivity index (χ4v) is 2.06. The number of nitrogens with zero attached hydrogens (tertiary/aromatic N) is 1. The minimum absolute atomic E-state index is 0.164. The van der Waals surface area contributed by atoms with Crippen LogP contribution in [0.15, 0.2) is 22.7 Å². The van der Waals surface area contributed by atoms with Gasteiger partial charge in [0, 0.05) is 28.8 Å². The molecular weight excluding hydrogens is 278 g/mol. The average Bonchev–Trinajstić information content (AvgIpc) is 2.25. The third-order valence-corrected chi connectivity index (χ3v) is 3.83. The Morgan fingerprint density at radius 2 is 1.94 bits per heavy atom. The number of hydrogen-bond acceptors (Lipinski definition) is 2. The molecule has 94 valence electrons. The van der Waals surface area contributed by atoms with Crippen molar-refractivity contribution in [3.63, 3.8) is 0 Å². The number of carbonyl (C=O) groups excluding carboxylic acids is 1. The van der Waals surface area contributed by atoms with Gasteiger partial charge in [0.1, 0.15) is 0 Å². The van der Waals surface area contributed by atoms with E-state index < -0.39 is 0 Å². The second kappa shape index (κ2) is 5.21. The van der Waals surface area contributed by atoms with E-state index in [-0.39, 0.29) is 5.41 Å². The average molecular weight is 298 g/mol. The van der Waals surface area contributed by atoms with Crippen LogP contribution in [-0.2, 0) is 0 Å². The third kappa shape index (κ3) is 3.32. The zero-order chi connectivity index (χ0) is 13.2. The summed E-state index contributed by atoms with van der Waals surface area (Å²) in [6, 6.07) is 6.07. The quantitative estimate of drug-likeness (QED) is 0.782. The van der Waals surface area contributed by atoms with Gasteiger partial charge < -0.3 is 4.90 Å². The van der Waals surface area contributed by atoms with Gasteiger partial charge in [-0.15, -0.1) is 0 Å². The molecule has 0 aliphatic rings. The first-order valence-corrected chi connectivity index (χ1v) is 6.54. The Bertz CT molecular complexity index is 409. The largest absolute Gasteiger partial charge is 0.371 e. The van der Waals surface area contributed by atoms with Gasteiger partial charge >= 0.3 is 0 Å². The van der Waals surface area contributed by atoms with E-state index in [1.54, 1.807) is 0 Å². The molecule has 1 rings (SSSR count). The molecule has 3 heteroatoms. The lowest BCUT2D eigenvalue weighted by Crippen LogP contribution is -2.39. The number of rotatable bonds is 3. The molecule has 1 aromatic carbocycles. The second-order valence-electron chi connectivity index (χ2n) is 5.47. The minimum atomic E-state index is 0.164. The molecule has 0 amide bonds. The molecule has 0 N–H and O–H groups in total. The molecule has 1 atom stereocenters. The van der Waals surface area contributed by atoms with Crippen LogP contribution in [0.5, 0.6) is 0 Å². The van der Waals surface area contributed by atoms with E-state index in [0.29, 0.717) is 6.04 Å². The molecule has 0 fully saturated rings. The van der Waals surface area contributed by atoms with Gasteiger partial charge in [-0.25, -0.2) is 0 Å². The molecule has 17 heavy (non-hydrogen) atoms. The Labute approximate surface area is 112 Å². The molecule has 0 aliphatic carbocycles. The summed E-state index contributed by atoms with van der Waals surface area (Å²) < 4.78 is 0.992. The molecule has 0 spiro atoms. The fraction of sp³-hybridized carbons (Fsp3) is 0.500. The monoisotopic (exact) mass is 297 g/mol. The molecule has 0 bridgehead atoms. The van der Waals surface area contributed by atoms with Crippen molar-refractivity contribution in [1.29, 1.82) is 0 Å². The van der Waals surface area contributed by atoms with Gasteiger partial charge in [0.25, 0.3) is 0 Å². The zero-order valence-electron chi connectivity index (χ0n) is 11.1. The lowest BCUT2D eigenvalue weighted by molar-refractivity contribution is 0.112. The van der Waals surface area contributed by atoms with Crippen molar-refractivity contribution >= 4 is 27.9 Å². The summed E-state index contributed by atoms with van der Waals surface area (Å²) in [7, 11) is 2.03. The Kier molecular flexibility index (Phi) is 4.36. The van der Waals surface area contributed by atoms with Crippen molar-refractivity contribution in [2.24, 2.45) is 5.41 Å². The number of anilines is 1. The van der Waals surface area contributed by atoms with E-state index in [9.17, 15) is 4.79 Å². The van der Waals surface area contributed by atoms with Gasteiger partial charge in [-0.2, -0.15) is 0 Å². The van der Waals surface area contributed by atoms with Crippen molar-refractivity contribution in [1.82, 2.24) is 0 Å². The van der Waals surface area contributed by atoms with E-state index in [4.69, 9.17) is 0 Å². The predicted molar refractivity (Wildman–Crippen MR) is 76.8 cm³/mol. The highest BCUT2D eigenvalue weighted by atomic mass is 79.9. The van der Waals surface area contributed by atoms with Crippen LogP contribution in [-0.4, -0.2) is 19.4 Å². The standard InChI is InChI=1S/C14H20BrNO/c1-10(14(2,3)4)16(5)13-8-12(15)7-6-11(13)9-17/h6-10H,1-5H3. The summed E-state index contributed by atoms with van der Waals surface area (Å²) in [6.45, 7) is 8.78. The fourth-order valence-electron chi connectivity index (χ4n) is 1.71. The Balaban J connectivity index is 3.15. The van der Waals surface area contributed by atoms with Crippen molar-refractivity contribution < 1.29 is 4.79 Å². The molecule has 0 saturated carbocycles. The highest BCUT2D eigenvalue weighted by Gasteiger charge is 2.25. The Morgan fingerprint density at radius 1 is 1.35 bits per heavy atom. The number of carbonyl (C=O) groups is 1. The first-order chi connectivity index (χ1) is 7.77. The van der Waals surface area contributed by atoms with E-state index in [1.807, 2.05) is 25.2 Å². The molecule has 0 aromatic heterocycles. The zero-order valence-corrected chi connectivity index (χ0v) is 12.7. The molecule has 0 aliphatic heterocycles. The van der Waals surface area contributed by atoms with Gasteiger partial charge in [0.05, 0.1) is 0 Å². The second-order valence-corrected chi connectivity index (χ2v) is 6.39. The van der Waals surface area contributed by atoms with Crippen LogP contribution in [0.4, 0.5) is 5.69 Å². The summed E-state index contributed by atoms with van der Waals surface area (Å²) in [5.74, 6) is 0. The highest BCUT2D eigenvalue weighted by Crippen LogP contribution is 2.30. The number of benzene rings is 1. The van der Waals surface area contributed by atoms with Crippen LogP contribution in [0.1, 0.15) is 38.1 Å². The van der Waals surface area contributed by atoms with Gasteiger partial charge in [-0.1, -0.05) is 36.7 Å². The van der Waals surface area contributed by atoms with E-state index in [0.717, 1.165) is 22.0 Å². The first kappa shape index (κ1) is 14.2. The van der Waals surface area contributed by atoms with Crippen molar-refractivity contribution in [2.45, 2.75) is 33.7 Å². The van der Waals surface area contributed by atoms with Crippen LogP contribution >= 0.6 is 15.9 Å². The van der Waals surface area contributed by atoms with Gasteiger partial charge in [-0.3, -0.25) is 4.79 Å². The Hall–Kier alpha value is -0.830. The van der Waals surface area contributed by atoms with E-state index in [1.165, 1.54) is 0 Å². The number of aldehydes is 1. The van der Waals surface area contributed by atoms with Crippen molar-refractivity contribution in [3.8, 4) is 0 Å². The van der Waals surface area contributed by atoms with Crippen LogP contribution < -0.4 is 4.90 Å². The maximum absolute atomic E-state index is 11.1. The summed E-state index contributed by atoms with van der Waals surface area (Å²) in [6.07, 6.45) is 0.910. The highest BCUT2D eigenvalue weighted by molar-refractivity contribution is 9.10. The lowest BCUT2D eigenvalue weighted by Gasteiger charge is -2.37. The summed E-state index contributed by atoms with van der Waals surface area (Å²) in [5.41, 5.74) is 1.86. The summed E-state index contributed by atoms with van der Waals surface area (Å²) in [5, 5.41) is 0.